The molecule has 1 amide bonds. The van der Waals surface area contributed by atoms with Gasteiger partial charge in [0.2, 0.25) is 5.75 Å². The number of carbonyl (C=O) groups excluding carboxylic acids is 1. The van der Waals surface area contributed by atoms with Crippen molar-refractivity contribution in [3.63, 3.8) is 0 Å². The number of hydrogen-bond acceptors (Lipinski definition) is 8. The number of piperazine rings is 1. The molecule has 0 spiro atoms. The number of hydrogen-bond donors (Lipinski definition) is 0. The minimum absolute atomic E-state index is 0.0722. The smallest absolute Gasteiger partial charge is 0.254 e. The topological polar surface area (TPSA) is 80.3 Å². The van der Waals surface area contributed by atoms with Crippen molar-refractivity contribution in [1.82, 2.24) is 15.1 Å². The predicted molar refractivity (Wildman–Crippen MR) is 111 cm³/mol. The van der Waals surface area contributed by atoms with Gasteiger partial charge in [0, 0.05) is 51.9 Å². The van der Waals surface area contributed by atoms with E-state index in [-0.39, 0.29) is 5.91 Å². The van der Waals surface area contributed by atoms with Gasteiger partial charge in [0.1, 0.15) is 0 Å². The molecule has 0 atom stereocenters. The Morgan fingerprint density at radius 2 is 1.59 bits per heavy atom. The van der Waals surface area contributed by atoms with Crippen LogP contribution >= 0.6 is 0 Å². The van der Waals surface area contributed by atoms with E-state index >= 15 is 0 Å². The number of aromatic nitrogens is 2. The monoisotopic (exact) mass is 401 g/mol. The molecule has 1 aromatic heterocycles. The first-order valence-electron chi connectivity index (χ1n) is 9.32. The van der Waals surface area contributed by atoms with Crippen LogP contribution < -0.4 is 24.0 Å². The Labute approximate surface area is 170 Å². The normalized spacial score (nSPS) is 13.8. The van der Waals surface area contributed by atoms with Crippen LogP contribution in [0.2, 0.25) is 0 Å². The van der Waals surface area contributed by atoms with Crippen molar-refractivity contribution in [3.05, 3.63) is 30.0 Å². The minimum atomic E-state index is -0.0722. The van der Waals surface area contributed by atoms with Gasteiger partial charge >= 0.3 is 0 Å². The molecule has 9 heteroatoms. The quantitative estimate of drug-likeness (QED) is 0.721. The molecule has 1 aromatic carbocycles. The number of anilines is 2. The molecule has 1 fully saturated rings. The van der Waals surface area contributed by atoms with Gasteiger partial charge in [-0.2, -0.15) is 5.10 Å². The van der Waals surface area contributed by atoms with Gasteiger partial charge in [-0.15, -0.1) is 5.10 Å². The molecule has 0 radical (unpaired) electrons. The van der Waals surface area contributed by atoms with Crippen LogP contribution in [0, 0.1) is 0 Å². The Balaban J connectivity index is 1.73. The van der Waals surface area contributed by atoms with Crippen LogP contribution in [0.3, 0.4) is 0 Å². The minimum Gasteiger partial charge on any atom is -0.493 e. The van der Waals surface area contributed by atoms with Crippen molar-refractivity contribution in [3.8, 4) is 17.2 Å². The molecular weight excluding hydrogens is 374 g/mol. The Morgan fingerprint density at radius 1 is 0.966 bits per heavy atom. The maximum absolute atomic E-state index is 13.0. The van der Waals surface area contributed by atoms with Crippen LogP contribution in [0.25, 0.3) is 0 Å². The molecule has 29 heavy (non-hydrogen) atoms. The molecule has 2 aromatic rings. The summed E-state index contributed by atoms with van der Waals surface area (Å²) >= 11 is 0. The number of methoxy groups -OCH3 is 3. The molecule has 0 unspecified atom stereocenters. The van der Waals surface area contributed by atoms with Crippen molar-refractivity contribution < 1.29 is 19.0 Å². The summed E-state index contributed by atoms with van der Waals surface area (Å²) in [7, 11) is 8.54. The van der Waals surface area contributed by atoms with E-state index in [1.54, 1.807) is 18.3 Å². The van der Waals surface area contributed by atoms with Crippen molar-refractivity contribution in [1.29, 1.82) is 0 Å². The van der Waals surface area contributed by atoms with Crippen molar-refractivity contribution in [2.45, 2.75) is 0 Å². The lowest BCUT2D eigenvalue weighted by Crippen LogP contribution is -2.49. The highest BCUT2D eigenvalue weighted by molar-refractivity contribution is 5.95. The molecule has 1 aliphatic heterocycles. The van der Waals surface area contributed by atoms with E-state index in [4.69, 9.17) is 14.2 Å². The highest BCUT2D eigenvalue weighted by Gasteiger charge is 2.25. The zero-order valence-electron chi connectivity index (χ0n) is 17.5. The second-order valence-electron chi connectivity index (χ2n) is 6.86. The number of ether oxygens (including phenoxy) is 3. The fourth-order valence-corrected chi connectivity index (χ4v) is 3.27. The molecule has 0 saturated carbocycles. The van der Waals surface area contributed by atoms with Crippen LogP contribution in [-0.2, 0) is 0 Å². The Morgan fingerprint density at radius 3 is 2.10 bits per heavy atom. The summed E-state index contributed by atoms with van der Waals surface area (Å²) in [6.07, 6.45) is 1.73. The summed E-state index contributed by atoms with van der Waals surface area (Å²) in [5.41, 5.74) is 1.49. The van der Waals surface area contributed by atoms with Crippen molar-refractivity contribution >= 4 is 17.4 Å². The summed E-state index contributed by atoms with van der Waals surface area (Å²) in [6, 6.07) is 5.37. The molecule has 1 aliphatic rings. The second-order valence-corrected chi connectivity index (χ2v) is 6.86. The fraction of sp³-hybridized carbons (Fsp3) is 0.450. The summed E-state index contributed by atoms with van der Waals surface area (Å²) < 4.78 is 16.0. The zero-order chi connectivity index (χ0) is 21.0. The summed E-state index contributed by atoms with van der Waals surface area (Å²) in [4.78, 5) is 19.0. The van der Waals surface area contributed by atoms with Gasteiger partial charge < -0.3 is 28.9 Å². The SMILES string of the molecule is COc1cc(C(=O)N2CCN(c3cc(N(C)C)cnn3)CC2)cc(OC)c1OC. The second kappa shape index (κ2) is 8.85. The number of amides is 1. The van der Waals surface area contributed by atoms with Crippen molar-refractivity contribution in [2.75, 3.05) is 71.4 Å². The van der Waals surface area contributed by atoms with Gasteiger partial charge in [0.05, 0.1) is 33.2 Å². The molecule has 156 valence electrons. The lowest BCUT2D eigenvalue weighted by atomic mass is 10.1. The summed E-state index contributed by atoms with van der Waals surface area (Å²) in [5.74, 6) is 2.14. The third-order valence-corrected chi connectivity index (χ3v) is 4.95. The van der Waals surface area contributed by atoms with Crippen LogP contribution in [0.15, 0.2) is 24.4 Å². The molecule has 2 heterocycles. The molecule has 9 nitrogen and oxygen atoms in total. The Hall–Kier alpha value is -3.23. The molecule has 0 N–H and O–H groups in total. The van der Waals surface area contributed by atoms with Crippen LogP contribution in [0.1, 0.15) is 10.4 Å². The molecule has 0 bridgehead atoms. The van der Waals surface area contributed by atoms with Crippen LogP contribution in [0.4, 0.5) is 11.5 Å². The largest absolute Gasteiger partial charge is 0.493 e. The number of rotatable bonds is 6. The maximum atomic E-state index is 13.0. The van der Waals surface area contributed by atoms with Gasteiger partial charge in [-0.25, -0.2) is 0 Å². The summed E-state index contributed by atoms with van der Waals surface area (Å²) in [6.45, 7) is 2.54. The fourth-order valence-electron chi connectivity index (χ4n) is 3.27. The van der Waals surface area contributed by atoms with Crippen LogP contribution in [-0.4, -0.2) is 82.6 Å². The van der Waals surface area contributed by atoms with E-state index < -0.39 is 0 Å². The van der Waals surface area contributed by atoms with E-state index in [1.807, 2.05) is 30.0 Å². The zero-order valence-corrected chi connectivity index (χ0v) is 17.5. The van der Waals surface area contributed by atoms with E-state index in [2.05, 4.69) is 15.1 Å². The molecule has 3 rings (SSSR count). The molecular formula is C20H27N5O4. The van der Waals surface area contributed by atoms with E-state index in [9.17, 15) is 4.79 Å². The van der Waals surface area contributed by atoms with Crippen molar-refractivity contribution in [2.24, 2.45) is 0 Å². The highest BCUT2D eigenvalue weighted by Crippen LogP contribution is 2.38. The van der Waals surface area contributed by atoms with Gasteiger partial charge in [-0.05, 0) is 12.1 Å². The van der Waals surface area contributed by atoms with Gasteiger partial charge in [0.25, 0.3) is 5.91 Å². The molecule has 0 aliphatic carbocycles. The number of carbonyl (C=O) groups is 1. The maximum Gasteiger partial charge on any atom is 0.254 e. The van der Waals surface area contributed by atoms with E-state index in [1.165, 1.54) is 21.3 Å². The average molecular weight is 401 g/mol. The first kappa shape index (κ1) is 20.5. The van der Waals surface area contributed by atoms with Gasteiger partial charge in [-0.3, -0.25) is 4.79 Å². The van der Waals surface area contributed by atoms with Gasteiger partial charge in [0.15, 0.2) is 17.3 Å². The molecule has 1 saturated heterocycles. The predicted octanol–water partition coefficient (Wildman–Crippen LogP) is 1.53. The van der Waals surface area contributed by atoms with Crippen LogP contribution in [0.5, 0.6) is 17.2 Å². The Kier molecular flexibility index (Phi) is 6.26. The Bertz CT molecular complexity index is 841. The summed E-state index contributed by atoms with van der Waals surface area (Å²) in [5, 5.41) is 8.32. The highest BCUT2D eigenvalue weighted by atomic mass is 16.5. The first-order valence-corrected chi connectivity index (χ1v) is 9.32. The average Bonchev–Trinajstić information content (AvgIpc) is 2.77. The third kappa shape index (κ3) is 4.28. The lowest BCUT2D eigenvalue weighted by molar-refractivity contribution is 0.0745. The number of nitrogens with zero attached hydrogens (tertiary/aromatic N) is 5. The van der Waals surface area contributed by atoms with E-state index in [0.717, 1.165) is 11.5 Å². The van der Waals surface area contributed by atoms with Gasteiger partial charge in [-0.1, -0.05) is 0 Å². The lowest BCUT2D eigenvalue weighted by Gasteiger charge is -2.35. The first-order chi connectivity index (χ1) is 14.0. The standard InChI is InChI=1S/C20H27N5O4/c1-23(2)15-12-18(22-21-13-15)24-6-8-25(9-7-24)20(26)14-10-16(27-3)19(29-5)17(11-14)28-4/h10-13H,6-9H2,1-5H3. The number of benzene rings is 1. The van der Waals surface area contributed by atoms with E-state index in [0.29, 0.717) is 49.0 Å². The third-order valence-electron chi connectivity index (χ3n) is 4.95.